The van der Waals surface area contributed by atoms with E-state index in [1.54, 1.807) is 0 Å². The molecule has 8 nitrogen and oxygen atoms in total. The van der Waals surface area contributed by atoms with E-state index in [-0.39, 0.29) is 58.5 Å². The Labute approximate surface area is 228 Å². The average molecular weight is 504 g/mol. The Balaban J connectivity index is 0.00000304. The zero-order chi connectivity index (χ0) is 24.6. The molecule has 1 spiro atoms. The summed E-state index contributed by atoms with van der Waals surface area (Å²) in [6, 6.07) is 10.6. The molecule has 2 saturated carbocycles. The quantitative estimate of drug-likeness (QED) is 0.484. The summed E-state index contributed by atoms with van der Waals surface area (Å²) in [7, 11) is 0. The van der Waals surface area contributed by atoms with Crippen LogP contribution in [0.4, 0.5) is 26.2 Å². The SMILES string of the molecule is O=C(Nc1ccc(C2CCC3(CC2)CC(C(=O)[O-])C3)cc1)c1nnc(Nc2ccc(F)c(F)c2)o1.[Na+]. The van der Waals surface area contributed by atoms with Gasteiger partial charge in [0.15, 0.2) is 11.6 Å². The molecule has 11 heteroatoms. The average Bonchev–Trinajstić information content (AvgIpc) is 3.29. The van der Waals surface area contributed by atoms with E-state index in [0.29, 0.717) is 11.6 Å². The first-order valence-electron chi connectivity index (χ1n) is 11.5. The van der Waals surface area contributed by atoms with Crippen LogP contribution in [0.5, 0.6) is 0 Å². The third-order valence-corrected chi connectivity index (χ3v) is 7.17. The normalized spacial score (nSPS) is 22.8. The molecule has 1 heterocycles. The maximum atomic E-state index is 13.3. The van der Waals surface area contributed by atoms with Crippen molar-refractivity contribution in [3.8, 4) is 0 Å². The number of carboxylic acid groups (broad SMARTS) is 1. The van der Waals surface area contributed by atoms with E-state index in [1.807, 2.05) is 24.3 Å². The Hall–Kier alpha value is -2.82. The van der Waals surface area contributed by atoms with Crippen molar-refractivity contribution in [2.45, 2.75) is 44.4 Å². The number of anilines is 3. The molecule has 0 unspecified atom stereocenters. The molecule has 0 radical (unpaired) electrons. The molecule has 2 fully saturated rings. The second-order valence-electron chi connectivity index (χ2n) is 9.44. The molecular weight excluding hydrogens is 481 g/mol. The Morgan fingerprint density at radius 3 is 2.28 bits per heavy atom. The molecule has 0 saturated heterocycles. The number of benzene rings is 2. The summed E-state index contributed by atoms with van der Waals surface area (Å²) in [5.41, 5.74) is 2.12. The van der Waals surface area contributed by atoms with E-state index >= 15 is 0 Å². The third kappa shape index (κ3) is 5.61. The van der Waals surface area contributed by atoms with Gasteiger partial charge in [-0.1, -0.05) is 17.2 Å². The summed E-state index contributed by atoms with van der Waals surface area (Å²) < 4.78 is 31.6. The van der Waals surface area contributed by atoms with Crippen molar-refractivity contribution in [3.05, 3.63) is 65.6 Å². The molecule has 2 aliphatic carbocycles. The van der Waals surface area contributed by atoms with Gasteiger partial charge in [-0.2, -0.15) is 0 Å². The summed E-state index contributed by atoms with van der Waals surface area (Å²) in [6.07, 6.45) is 5.56. The Morgan fingerprint density at radius 2 is 1.64 bits per heavy atom. The second-order valence-corrected chi connectivity index (χ2v) is 9.44. The summed E-state index contributed by atoms with van der Waals surface area (Å²) in [5.74, 6) is -3.70. The molecule has 1 aromatic heterocycles. The molecular formula is C25H23F2N4NaO4. The minimum Gasteiger partial charge on any atom is -0.550 e. The van der Waals surface area contributed by atoms with Gasteiger partial charge in [0.25, 0.3) is 0 Å². The van der Waals surface area contributed by atoms with E-state index < -0.39 is 23.5 Å². The first-order chi connectivity index (χ1) is 16.8. The fourth-order valence-electron chi connectivity index (χ4n) is 5.21. The van der Waals surface area contributed by atoms with Crippen LogP contribution in [-0.4, -0.2) is 22.1 Å². The monoisotopic (exact) mass is 504 g/mol. The third-order valence-electron chi connectivity index (χ3n) is 7.17. The number of aliphatic carboxylic acids is 1. The van der Waals surface area contributed by atoms with Gasteiger partial charge < -0.3 is 25.0 Å². The van der Waals surface area contributed by atoms with Crippen LogP contribution in [0.25, 0.3) is 0 Å². The van der Waals surface area contributed by atoms with Gasteiger partial charge in [0.05, 0.1) is 0 Å². The number of carbonyl (C=O) groups is 2. The van der Waals surface area contributed by atoms with Crippen molar-refractivity contribution in [1.29, 1.82) is 0 Å². The van der Waals surface area contributed by atoms with Gasteiger partial charge in [-0.3, -0.25) is 4.79 Å². The maximum Gasteiger partial charge on any atom is 1.00 e. The van der Waals surface area contributed by atoms with Crippen LogP contribution >= 0.6 is 0 Å². The van der Waals surface area contributed by atoms with E-state index in [0.717, 1.165) is 50.7 Å². The van der Waals surface area contributed by atoms with Gasteiger partial charge in [-0.05, 0) is 85.6 Å². The zero-order valence-electron chi connectivity index (χ0n) is 19.7. The fourth-order valence-corrected chi connectivity index (χ4v) is 5.21. The summed E-state index contributed by atoms with van der Waals surface area (Å²) in [6.45, 7) is 0. The number of hydrogen-bond acceptors (Lipinski definition) is 7. The second kappa shape index (κ2) is 10.7. The van der Waals surface area contributed by atoms with E-state index in [2.05, 4.69) is 20.8 Å². The molecule has 1 amide bonds. The first kappa shape index (κ1) is 26.2. The number of carboxylic acids is 1. The first-order valence-corrected chi connectivity index (χ1v) is 11.5. The Kier molecular flexibility index (Phi) is 7.77. The number of hydrogen-bond donors (Lipinski definition) is 2. The molecule has 2 aliphatic rings. The molecule has 2 aromatic carbocycles. The number of carbonyl (C=O) groups excluding carboxylic acids is 2. The molecule has 0 aliphatic heterocycles. The molecule has 182 valence electrons. The summed E-state index contributed by atoms with van der Waals surface area (Å²) in [4.78, 5) is 23.5. The minimum absolute atomic E-state index is 0. The van der Waals surface area contributed by atoms with Gasteiger partial charge in [-0.15, -0.1) is 5.10 Å². The Bertz CT molecular complexity index is 1250. The van der Waals surface area contributed by atoms with Crippen molar-refractivity contribution in [1.82, 2.24) is 10.2 Å². The van der Waals surface area contributed by atoms with Gasteiger partial charge in [0.2, 0.25) is 0 Å². The molecule has 0 atom stereocenters. The van der Waals surface area contributed by atoms with Crippen LogP contribution in [0, 0.1) is 23.0 Å². The van der Waals surface area contributed by atoms with Crippen molar-refractivity contribution < 1.29 is 57.5 Å². The number of halogens is 2. The van der Waals surface area contributed by atoms with Crippen LogP contribution in [0.1, 0.15) is 60.7 Å². The standard InChI is InChI=1S/C25H24F2N4O4.Na/c26-19-6-5-18(11-20(19)27)29-24-31-30-22(35-24)21(32)28-17-3-1-14(2-4-17)15-7-9-25(10-8-15)12-16(13-25)23(33)34;/h1-6,11,15-16H,7-10,12-13H2,(H,28,32)(H,29,31)(H,33,34);/q;+1/p-1. The topological polar surface area (TPSA) is 120 Å². The predicted octanol–water partition coefficient (Wildman–Crippen LogP) is 1.15. The van der Waals surface area contributed by atoms with Crippen molar-refractivity contribution in [2.24, 2.45) is 11.3 Å². The van der Waals surface area contributed by atoms with E-state index in [1.165, 1.54) is 11.6 Å². The van der Waals surface area contributed by atoms with Crippen LogP contribution in [-0.2, 0) is 4.79 Å². The molecule has 0 bridgehead atoms. The van der Waals surface area contributed by atoms with Crippen LogP contribution in [0.3, 0.4) is 0 Å². The largest absolute Gasteiger partial charge is 1.00 e. The number of nitrogens with one attached hydrogen (secondary N) is 2. The molecule has 5 rings (SSSR count). The Morgan fingerprint density at radius 1 is 0.972 bits per heavy atom. The smallest absolute Gasteiger partial charge is 0.550 e. The molecule has 2 N–H and O–H groups in total. The van der Waals surface area contributed by atoms with Crippen molar-refractivity contribution in [3.63, 3.8) is 0 Å². The van der Waals surface area contributed by atoms with Gasteiger partial charge >= 0.3 is 47.4 Å². The van der Waals surface area contributed by atoms with Gasteiger partial charge in [0.1, 0.15) is 0 Å². The number of nitrogens with zero attached hydrogens (tertiary/aromatic N) is 2. The van der Waals surface area contributed by atoms with E-state index in [9.17, 15) is 23.5 Å². The maximum absolute atomic E-state index is 13.3. The minimum atomic E-state index is -1.03. The predicted molar refractivity (Wildman–Crippen MR) is 120 cm³/mol. The number of amides is 1. The molecule has 36 heavy (non-hydrogen) atoms. The zero-order valence-corrected chi connectivity index (χ0v) is 21.7. The van der Waals surface area contributed by atoms with Crippen molar-refractivity contribution in [2.75, 3.05) is 10.6 Å². The van der Waals surface area contributed by atoms with Gasteiger partial charge in [-0.25, -0.2) is 8.78 Å². The molecule has 3 aromatic rings. The van der Waals surface area contributed by atoms with Crippen LogP contribution in [0.2, 0.25) is 0 Å². The number of rotatable bonds is 6. The van der Waals surface area contributed by atoms with E-state index in [4.69, 9.17) is 4.42 Å². The van der Waals surface area contributed by atoms with Crippen LogP contribution < -0.4 is 45.3 Å². The van der Waals surface area contributed by atoms with Crippen LogP contribution in [0.15, 0.2) is 46.9 Å². The van der Waals surface area contributed by atoms with Gasteiger partial charge in [0, 0.05) is 23.4 Å². The number of aromatic nitrogens is 2. The summed E-state index contributed by atoms with van der Waals surface area (Å²) >= 11 is 0. The van der Waals surface area contributed by atoms with Crippen molar-refractivity contribution >= 4 is 29.3 Å². The summed E-state index contributed by atoms with van der Waals surface area (Å²) in [5, 5.41) is 23.7. The fraction of sp³-hybridized carbons (Fsp3) is 0.360.